The summed E-state index contributed by atoms with van der Waals surface area (Å²) in [5.41, 5.74) is 0. The molecule has 0 aliphatic carbocycles. The molecule has 0 aromatic rings. The van der Waals surface area contributed by atoms with E-state index in [4.69, 9.17) is 9.05 Å². The third-order valence-corrected chi connectivity index (χ3v) is 3.83. The van der Waals surface area contributed by atoms with Crippen LogP contribution in [0, 0.1) is 0 Å². The van der Waals surface area contributed by atoms with Crippen molar-refractivity contribution in [1.29, 1.82) is 0 Å². The Morgan fingerprint density at radius 2 is 1.17 bits per heavy atom. The van der Waals surface area contributed by atoms with Gasteiger partial charge < -0.3 is 10.2 Å². The lowest BCUT2D eigenvalue weighted by Gasteiger charge is -2.16. The molecule has 0 saturated heterocycles. The lowest BCUT2D eigenvalue weighted by molar-refractivity contribution is -0.00215. The van der Waals surface area contributed by atoms with E-state index in [2.05, 4.69) is 0 Å². The van der Waals surface area contributed by atoms with E-state index in [0.29, 0.717) is 25.7 Å². The SMILES string of the molecule is CCC(O)C(CC)O[P+](=O)OC(CC)C(O)CC. The predicted octanol–water partition coefficient (Wildman–Crippen LogP) is 2.78. The minimum atomic E-state index is -2.32. The Balaban J connectivity index is 4.30. The summed E-state index contributed by atoms with van der Waals surface area (Å²) in [6.07, 6.45) is -0.0706. The number of hydrogen-bond donors (Lipinski definition) is 2. The van der Waals surface area contributed by atoms with Crippen LogP contribution in [0.2, 0.25) is 0 Å². The van der Waals surface area contributed by atoms with Crippen LogP contribution in [0.15, 0.2) is 0 Å². The zero-order valence-electron chi connectivity index (χ0n) is 11.7. The van der Waals surface area contributed by atoms with Crippen LogP contribution in [-0.4, -0.2) is 34.6 Å². The molecule has 108 valence electrons. The molecule has 18 heavy (non-hydrogen) atoms. The van der Waals surface area contributed by atoms with E-state index < -0.39 is 32.7 Å². The molecule has 0 amide bonds. The van der Waals surface area contributed by atoms with Crippen LogP contribution >= 0.6 is 8.25 Å². The second-order valence-electron chi connectivity index (χ2n) is 4.28. The van der Waals surface area contributed by atoms with Crippen molar-refractivity contribution < 1.29 is 23.8 Å². The molecule has 4 unspecified atom stereocenters. The van der Waals surface area contributed by atoms with Crippen LogP contribution in [0.3, 0.4) is 0 Å². The number of hydrogen-bond acceptors (Lipinski definition) is 5. The standard InChI is InChI=1S/C12H26O5P/c1-5-9(13)11(7-3)16-18(15)17-12(8-4)10(14)6-2/h9-14H,5-8H2,1-4H3/q+1. The number of aliphatic hydroxyl groups is 2. The van der Waals surface area contributed by atoms with Crippen LogP contribution in [0.1, 0.15) is 53.4 Å². The molecule has 0 aromatic carbocycles. The van der Waals surface area contributed by atoms with Crippen molar-refractivity contribution in [3.63, 3.8) is 0 Å². The maximum absolute atomic E-state index is 11.7. The lowest BCUT2D eigenvalue weighted by Crippen LogP contribution is -2.28. The molecule has 4 atom stereocenters. The quantitative estimate of drug-likeness (QED) is 0.602. The van der Waals surface area contributed by atoms with E-state index >= 15 is 0 Å². The molecule has 0 radical (unpaired) electrons. The molecule has 0 spiro atoms. The Hall–Kier alpha value is -0.0600. The monoisotopic (exact) mass is 281 g/mol. The van der Waals surface area contributed by atoms with Crippen molar-refractivity contribution >= 4 is 8.25 Å². The van der Waals surface area contributed by atoms with Crippen molar-refractivity contribution in [3.8, 4) is 0 Å². The van der Waals surface area contributed by atoms with Crippen LogP contribution < -0.4 is 0 Å². The van der Waals surface area contributed by atoms with E-state index in [-0.39, 0.29) is 0 Å². The Morgan fingerprint density at radius 3 is 1.39 bits per heavy atom. The van der Waals surface area contributed by atoms with Crippen LogP contribution in [0.4, 0.5) is 0 Å². The van der Waals surface area contributed by atoms with Crippen LogP contribution in [-0.2, 0) is 13.6 Å². The Morgan fingerprint density at radius 1 is 0.833 bits per heavy atom. The van der Waals surface area contributed by atoms with E-state index in [1.807, 2.05) is 27.7 Å². The van der Waals surface area contributed by atoms with Crippen molar-refractivity contribution in [2.45, 2.75) is 77.8 Å². The molecule has 0 aliphatic rings. The van der Waals surface area contributed by atoms with Gasteiger partial charge in [0.1, 0.15) is 12.2 Å². The zero-order valence-corrected chi connectivity index (χ0v) is 12.6. The summed E-state index contributed by atoms with van der Waals surface area (Å²) in [6.45, 7) is 7.37. The van der Waals surface area contributed by atoms with Gasteiger partial charge in [0, 0.05) is 4.57 Å². The fourth-order valence-corrected chi connectivity index (χ4v) is 2.68. The van der Waals surface area contributed by atoms with Gasteiger partial charge in [-0.25, -0.2) is 0 Å². The largest absolute Gasteiger partial charge is 0.698 e. The highest BCUT2D eigenvalue weighted by Gasteiger charge is 2.35. The van der Waals surface area contributed by atoms with E-state index in [9.17, 15) is 14.8 Å². The highest BCUT2D eigenvalue weighted by Crippen LogP contribution is 2.32. The second-order valence-corrected chi connectivity index (χ2v) is 5.15. The Bertz CT molecular complexity index is 215. The summed E-state index contributed by atoms with van der Waals surface area (Å²) in [5, 5.41) is 19.3. The van der Waals surface area contributed by atoms with Gasteiger partial charge in [0.25, 0.3) is 0 Å². The maximum Gasteiger partial charge on any atom is 0.698 e. The van der Waals surface area contributed by atoms with Gasteiger partial charge in [0.15, 0.2) is 0 Å². The maximum atomic E-state index is 11.7. The minimum absolute atomic E-state index is 0.491. The van der Waals surface area contributed by atoms with Gasteiger partial charge >= 0.3 is 8.25 Å². The van der Waals surface area contributed by atoms with Crippen molar-refractivity contribution in [1.82, 2.24) is 0 Å². The van der Waals surface area contributed by atoms with Crippen molar-refractivity contribution in [2.75, 3.05) is 0 Å². The molecule has 0 fully saturated rings. The topological polar surface area (TPSA) is 76.0 Å². The van der Waals surface area contributed by atoms with Crippen molar-refractivity contribution in [2.24, 2.45) is 0 Å². The summed E-state index contributed by atoms with van der Waals surface area (Å²) in [5.74, 6) is 0. The Labute approximate surface area is 110 Å². The Kier molecular flexibility index (Phi) is 9.78. The van der Waals surface area contributed by atoms with Gasteiger partial charge in [0.2, 0.25) is 0 Å². The molecule has 0 aromatic heterocycles. The fourth-order valence-electron chi connectivity index (χ4n) is 1.61. The predicted molar refractivity (Wildman–Crippen MR) is 70.5 cm³/mol. The highest BCUT2D eigenvalue weighted by atomic mass is 31.1. The smallest absolute Gasteiger partial charge is 0.390 e. The summed E-state index contributed by atoms with van der Waals surface area (Å²) in [4.78, 5) is 0. The molecule has 0 saturated carbocycles. The highest BCUT2D eigenvalue weighted by molar-refractivity contribution is 7.33. The van der Waals surface area contributed by atoms with Crippen LogP contribution in [0.25, 0.3) is 0 Å². The third kappa shape index (κ3) is 6.21. The van der Waals surface area contributed by atoms with Gasteiger partial charge in [0.05, 0.1) is 12.2 Å². The molecule has 0 heterocycles. The minimum Gasteiger partial charge on any atom is -0.390 e. The van der Waals surface area contributed by atoms with Crippen molar-refractivity contribution in [3.05, 3.63) is 0 Å². The molecule has 0 rings (SSSR count). The van der Waals surface area contributed by atoms with Gasteiger partial charge in [-0.1, -0.05) is 27.7 Å². The van der Waals surface area contributed by atoms with Gasteiger partial charge in [-0.3, -0.25) is 0 Å². The van der Waals surface area contributed by atoms with Gasteiger partial charge in [-0.05, 0) is 25.7 Å². The first-order valence-corrected chi connectivity index (χ1v) is 7.76. The summed E-state index contributed by atoms with van der Waals surface area (Å²) in [6, 6.07) is 0. The average Bonchev–Trinajstić information content (AvgIpc) is 2.40. The summed E-state index contributed by atoms with van der Waals surface area (Å²) < 4.78 is 22.1. The normalized spacial score (nSPS) is 19.1. The fraction of sp³-hybridized carbons (Fsp3) is 1.00. The average molecular weight is 281 g/mol. The summed E-state index contributed by atoms with van der Waals surface area (Å²) in [7, 11) is -2.32. The molecular formula is C12H26O5P+. The van der Waals surface area contributed by atoms with E-state index in [1.54, 1.807) is 0 Å². The molecule has 0 bridgehead atoms. The first-order chi connectivity index (χ1) is 8.49. The molecule has 0 aliphatic heterocycles. The van der Waals surface area contributed by atoms with Gasteiger partial charge in [-0.2, -0.15) is 0 Å². The van der Waals surface area contributed by atoms with Gasteiger partial charge in [-0.15, -0.1) is 9.05 Å². The van der Waals surface area contributed by atoms with Crippen LogP contribution in [0.5, 0.6) is 0 Å². The molecule has 6 heteroatoms. The first kappa shape index (κ1) is 17.9. The zero-order chi connectivity index (χ0) is 14.1. The summed E-state index contributed by atoms with van der Waals surface area (Å²) >= 11 is 0. The number of rotatable bonds is 10. The second kappa shape index (κ2) is 9.82. The molecule has 2 N–H and O–H groups in total. The molecule has 5 nitrogen and oxygen atoms in total. The van der Waals surface area contributed by atoms with E-state index in [1.165, 1.54) is 0 Å². The third-order valence-electron chi connectivity index (χ3n) is 2.94. The first-order valence-electron chi connectivity index (χ1n) is 6.66. The van der Waals surface area contributed by atoms with E-state index in [0.717, 1.165) is 0 Å². The molecular weight excluding hydrogens is 255 g/mol. The number of aliphatic hydroxyl groups excluding tert-OH is 2. The lowest BCUT2D eigenvalue weighted by atomic mass is 10.1.